The summed E-state index contributed by atoms with van der Waals surface area (Å²) in [4.78, 5) is 13.2. The van der Waals surface area contributed by atoms with Crippen LogP contribution in [0.4, 0.5) is 5.82 Å². The van der Waals surface area contributed by atoms with Crippen molar-refractivity contribution in [1.82, 2.24) is 15.0 Å². The van der Waals surface area contributed by atoms with Gasteiger partial charge < -0.3 is 5.32 Å². The highest BCUT2D eigenvalue weighted by Gasteiger charge is 2.11. The van der Waals surface area contributed by atoms with Crippen molar-refractivity contribution in [2.24, 2.45) is 0 Å². The van der Waals surface area contributed by atoms with Gasteiger partial charge in [0, 0.05) is 13.2 Å². The van der Waals surface area contributed by atoms with Crippen molar-refractivity contribution in [2.45, 2.75) is 13.8 Å². The molecule has 2 heterocycles. The van der Waals surface area contributed by atoms with E-state index >= 15 is 0 Å². The fourth-order valence-electron chi connectivity index (χ4n) is 1.55. The summed E-state index contributed by atoms with van der Waals surface area (Å²) in [5.41, 5.74) is 2.78. The number of aryl methyl sites for hydroxylation is 2. The molecule has 17 heavy (non-hydrogen) atoms. The second-order valence-electron chi connectivity index (χ2n) is 3.71. The highest BCUT2D eigenvalue weighted by molar-refractivity contribution is 9.10. The van der Waals surface area contributed by atoms with E-state index in [-0.39, 0.29) is 0 Å². The van der Waals surface area contributed by atoms with Crippen LogP contribution in [0.5, 0.6) is 0 Å². The molecule has 0 bridgehead atoms. The lowest BCUT2D eigenvalue weighted by Crippen LogP contribution is -2.02. The van der Waals surface area contributed by atoms with Crippen molar-refractivity contribution in [1.29, 1.82) is 0 Å². The first kappa shape index (κ1) is 12.0. The van der Waals surface area contributed by atoms with Gasteiger partial charge in [-0.3, -0.25) is 4.98 Å². The van der Waals surface area contributed by atoms with E-state index in [1.54, 1.807) is 6.20 Å². The largest absolute Gasteiger partial charge is 0.372 e. The van der Waals surface area contributed by atoms with Crippen molar-refractivity contribution in [3.63, 3.8) is 0 Å². The lowest BCUT2D eigenvalue weighted by Gasteiger charge is -2.09. The second-order valence-corrected chi connectivity index (χ2v) is 4.51. The van der Waals surface area contributed by atoms with Crippen LogP contribution in [-0.2, 0) is 0 Å². The molecule has 4 nitrogen and oxygen atoms in total. The van der Waals surface area contributed by atoms with Crippen LogP contribution in [-0.4, -0.2) is 22.0 Å². The SMILES string of the molecule is CNc1nc(-c2ncccc2C)nc(C)c1Br. The van der Waals surface area contributed by atoms with Gasteiger partial charge in [-0.15, -0.1) is 0 Å². The molecule has 2 aromatic rings. The molecule has 88 valence electrons. The molecule has 0 saturated carbocycles. The number of rotatable bonds is 2. The van der Waals surface area contributed by atoms with E-state index in [2.05, 4.69) is 36.2 Å². The van der Waals surface area contributed by atoms with E-state index in [1.807, 2.05) is 33.0 Å². The molecular weight excluding hydrogens is 280 g/mol. The maximum Gasteiger partial charge on any atom is 0.180 e. The summed E-state index contributed by atoms with van der Waals surface area (Å²) in [5, 5.41) is 3.04. The Bertz CT molecular complexity index is 554. The van der Waals surface area contributed by atoms with Crippen molar-refractivity contribution in [3.8, 4) is 11.5 Å². The van der Waals surface area contributed by atoms with E-state index in [0.29, 0.717) is 5.82 Å². The molecule has 0 spiro atoms. The number of nitrogens with zero attached hydrogens (tertiary/aromatic N) is 3. The summed E-state index contributed by atoms with van der Waals surface area (Å²) >= 11 is 3.46. The first-order chi connectivity index (χ1) is 8.13. The van der Waals surface area contributed by atoms with Crippen LogP contribution in [0.2, 0.25) is 0 Å². The fourth-order valence-corrected chi connectivity index (χ4v) is 1.93. The Hall–Kier alpha value is -1.49. The van der Waals surface area contributed by atoms with Crippen molar-refractivity contribution in [3.05, 3.63) is 34.1 Å². The summed E-state index contributed by atoms with van der Waals surface area (Å²) in [6, 6.07) is 3.91. The van der Waals surface area contributed by atoms with Gasteiger partial charge in [0.25, 0.3) is 0 Å². The Balaban J connectivity index is 2.61. The fraction of sp³-hybridized carbons (Fsp3) is 0.250. The topological polar surface area (TPSA) is 50.7 Å². The third-order valence-corrected chi connectivity index (χ3v) is 3.42. The highest BCUT2D eigenvalue weighted by Crippen LogP contribution is 2.26. The molecule has 0 aliphatic rings. The molecule has 0 aliphatic heterocycles. The standard InChI is InChI=1S/C12H13BrN4/c1-7-5-4-6-15-10(7)12-16-8(2)9(13)11(14-3)17-12/h4-6H,1-3H3,(H,14,16,17). The van der Waals surface area contributed by atoms with Crippen LogP contribution in [0, 0.1) is 13.8 Å². The average Bonchev–Trinajstić information content (AvgIpc) is 2.33. The van der Waals surface area contributed by atoms with Gasteiger partial charge in [0.05, 0.1) is 10.2 Å². The number of anilines is 1. The Labute approximate surface area is 109 Å². The van der Waals surface area contributed by atoms with Gasteiger partial charge in [-0.25, -0.2) is 9.97 Å². The number of halogens is 1. The normalized spacial score (nSPS) is 10.4. The maximum atomic E-state index is 4.45. The Morgan fingerprint density at radius 1 is 1.24 bits per heavy atom. The molecule has 0 saturated heterocycles. The van der Waals surface area contributed by atoms with Crippen LogP contribution in [0.15, 0.2) is 22.8 Å². The molecule has 0 radical (unpaired) electrons. The summed E-state index contributed by atoms with van der Waals surface area (Å²) < 4.78 is 0.886. The van der Waals surface area contributed by atoms with Crippen molar-refractivity contribution in [2.75, 3.05) is 12.4 Å². The lowest BCUT2D eigenvalue weighted by atomic mass is 10.2. The van der Waals surface area contributed by atoms with E-state index in [0.717, 1.165) is 27.2 Å². The minimum Gasteiger partial charge on any atom is -0.372 e. The van der Waals surface area contributed by atoms with Gasteiger partial charge in [0.2, 0.25) is 0 Å². The summed E-state index contributed by atoms with van der Waals surface area (Å²) in [5.74, 6) is 1.42. The van der Waals surface area contributed by atoms with Crippen LogP contribution in [0.25, 0.3) is 11.5 Å². The third-order valence-electron chi connectivity index (χ3n) is 2.47. The molecule has 0 aromatic carbocycles. The number of hydrogen-bond donors (Lipinski definition) is 1. The van der Waals surface area contributed by atoms with E-state index in [1.165, 1.54) is 0 Å². The third kappa shape index (κ3) is 2.29. The number of pyridine rings is 1. The lowest BCUT2D eigenvalue weighted by molar-refractivity contribution is 1.06. The monoisotopic (exact) mass is 292 g/mol. The molecule has 2 rings (SSSR count). The molecule has 5 heteroatoms. The van der Waals surface area contributed by atoms with E-state index in [9.17, 15) is 0 Å². The van der Waals surface area contributed by atoms with Crippen molar-refractivity contribution < 1.29 is 0 Å². The van der Waals surface area contributed by atoms with Gasteiger partial charge in [0.15, 0.2) is 5.82 Å². The molecule has 0 atom stereocenters. The molecule has 0 unspecified atom stereocenters. The predicted molar refractivity (Wildman–Crippen MR) is 72.0 cm³/mol. The van der Waals surface area contributed by atoms with E-state index in [4.69, 9.17) is 0 Å². The first-order valence-corrected chi connectivity index (χ1v) is 6.06. The summed E-state index contributed by atoms with van der Waals surface area (Å²) in [6.07, 6.45) is 1.75. The Kier molecular flexibility index (Phi) is 3.38. The Morgan fingerprint density at radius 3 is 2.65 bits per heavy atom. The van der Waals surface area contributed by atoms with Gasteiger partial charge in [-0.05, 0) is 41.4 Å². The van der Waals surface area contributed by atoms with Gasteiger partial charge in [-0.1, -0.05) is 6.07 Å². The summed E-state index contributed by atoms with van der Waals surface area (Å²) in [7, 11) is 1.83. The minimum atomic E-state index is 0.646. The smallest absolute Gasteiger partial charge is 0.180 e. The number of nitrogens with one attached hydrogen (secondary N) is 1. The van der Waals surface area contributed by atoms with Crippen LogP contribution in [0.3, 0.4) is 0 Å². The zero-order valence-corrected chi connectivity index (χ0v) is 11.5. The minimum absolute atomic E-state index is 0.646. The zero-order valence-electron chi connectivity index (χ0n) is 9.95. The molecule has 2 aromatic heterocycles. The van der Waals surface area contributed by atoms with Gasteiger partial charge in [0.1, 0.15) is 11.5 Å². The van der Waals surface area contributed by atoms with Crippen molar-refractivity contribution >= 4 is 21.7 Å². The Morgan fingerprint density at radius 2 is 2.00 bits per heavy atom. The molecule has 0 amide bonds. The highest BCUT2D eigenvalue weighted by atomic mass is 79.9. The van der Waals surface area contributed by atoms with Crippen LogP contribution in [0.1, 0.15) is 11.3 Å². The zero-order chi connectivity index (χ0) is 12.4. The number of hydrogen-bond acceptors (Lipinski definition) is 4. The van der Waals surface area contributed by atoms with Crippen LogP contribution < -0.4 is 5.32 Å². The predicted octanol–water partition coefficient (Wildman–Crippen LogP) is 2.96. The average molecular weight is 293 g/mol. The molecule has 0 fully saturated rings. The molecule has 1 N–H and O–H groups in total. The number of aromatic nitrogens is 3. The first-order valence-electron chi connectivity index (χ1n) is 5.27. The molecule has 0 aliphatic carbocycles. The van der Waals surface area contributed by atoms with Crippen LogP contribution >= 0.6 is 15.9 Å². The second kappa shape index (κ2) is 4.79. The maximum absolute atomic E-state index is 4.45. The van der Waals surface area contributed by atoms with E-state index < -0.39 is 0 Å². The molecular formula is C12H13BrN4. The quantitative estimate of drug-likeness (QED) is 0.925. The van der Waals surface area contributed by atoms with Gasteiger partial charge >= 0.3 is 0 Å². The summed E-state index contributed by atoms with van der Waals surface area (Å²) in [6.45, 7) is 3.94. The van der Waals surface area contributed by atoms with Gasteiger partial charge in [-0.2, -0.15) is 0 Å².